The third kappa shape index (κ3) is 6.95. The highest BCUT2D eigenvalue weighted by atomic mass is 19.4. The molecule has 6 heteroatoms. The Kier molecular flexibility index (Phi) is 3.70. The van der Waals surface area contributed by atoms with Crippen LogP contribution in [0.25, 0.3) is 0 Å². The van der Waals surface area contributed by atoms with Crippen molar-refractivity contribution in [1.82, 2.24) is 10.6 Å². The summed E-state index contributed by atoms with van der Waals surface area (Å²) in [4.78, 5) is 10.3. The molecular formula is C5H8F3N2O. The Balaban J connectivity index is 3.46. The summed E-state index contributed by atoms with van der Waals surface area (Å²) in [5.41, 5.74) is 0. The molecular weight excluding hydrogens is 161 g/mol. The van der Waals surface area contributed by atoms with Gasteiger partial charge in [0, 0.05) is 6.54 Å². The van der Waals surface area contributed by atoms with E-state index >= 15 is 0 Å². The number of carbonyl (C=O) groups excluding carboxylic acids is 1. The van der Waals surface area contributed by atoms with Crippen LogP contribution in [-0.2, 0) is 0 Å². The first-order valence-electron chi connectivity index (χ1n) is 2.98. The first kappa shape index (κ1) is 10.1. The summed E-state index contributed by atoms with van der Waals surface area (Å²) in [6.45, 7) is 0.423. The molecule has 11 heavy (non-hydrogen) atoms. The Labute approximate surface area is 62.0 Å². The predicted octanol–water partition coefficient (Wildman–Crippen LogP) is 0.883. The van der Waals surface area contributed by atoms with E-state index in [0.29, 0.717) is 0 Å². The molecule has 0 aromatic rings. The van der Waals surface area contributed by atoms with Crippen molar-refractivity contribution in [1.29, 1.82) is 0 Å². The lowest BCUT2D eigenvalue weighted by Gasteiger charge is -2.06. The van der Waals surface area contributed by atoms with Gasteiger partial charge in [0.15, 0.2) is 0 Å². The van der Waals surface area contributed by atoms with Crippen LogP contribution in [0.1, 0.15) is 6.92 Å². The SMILES string of the molecule is CC[N]C(=O)NCC(F)(F)F. The maximum atomic E-state index is 11.4. The summed E-state index contributed by atoms with van der Waals surface area (Å²) >= 11 is 0. The van der Waals surface area contributed by atoms with Crippen molar-refractivity contribution < 1.29 is 18.0 Å². The average Bonchev–Trinajstić information content (AvgIpc) is 1.83. The fourth-order valence-electron chi connectivity index (χ4n) is 0.375. The molecule has 0 spiro atoms. The molecule has 1 radical (unpaired) electrons. The summed E-state index contributed by atoms with van der Waals surface area (Å²) in [6.07, 6.45) is -4.36. The van der Waals surface area contributed by atoms with Crippen molar-refractivity contribution >= 4 is 6.03 Å². The van der Waals surface area contributed by atoms with Gasteiger partial charge in [0.25, 0.3) is 0 Å². The van der Waals surface area contributed by atoms with E-state index in [9.17, 15) is 18.0 Å². The fraction of sp³-hybridized carbons (Fsp3) is 0.800. The molecule has 0 heterocycles. The summed E-state index contributed by atoms with van der Waals surface area (Å²) in [5.74, 6) is 0. The zero-order valence-corrected chi connectivity index (χ0v) is 5.90. The summed E-state index contributed by atoms with van der Waals surface area (Å²) in [7, 11) is 0. The Hall–Kier alpha value is -0.940. The van der Waals surface area contributed by atoms with Crippen LogP contribution in [0, 0.1) is 0 Å². The van der Waals surface area contributed by atoms with Gasteiger partial charge in [0.05, 0.1) is 0 Å². The molecule has 65 valence electrons. The first-order chi connectivity index (χ1) is 4.95. The minimum Gasteiger partial charge on any atom is -0.327 e. The topological polar surface area (TPSA) is 43.2 Å². The number of hydrogen-bond acceptors (Lipinski definition) is 1. The van der Waals surface area contributed by atoms with Crippen LogP contribution >= 0.6 is 0 Å². The minimum atomic E-state index is -4.36. The molecule has 0 aliphatic rings. The summed E-state index contributed by atoms with van der Waals surface area (Å²) < 4.78 is 34.2. The zero-order chi connectivity index (χ0) is 8.91. The lowest BCUT2D eigenvalue weighted by Crippen LogP contribution is -2.37. The average molecular weight is 169 g/mol. The summed E-state index contributed by atoms with van der Waals surface area (Å²) in [6, 6.07) is -0.926. The van der Waals surface area contributed by atoms with Crippen molar-refractivity contribution in [3.63, 3.8) is 0 Å². The van der Waals surface area contributed by atoms with Gasteiger partial charge in [0.2, 0.25) is 0 Å². The largest absolute Gasteiger partial charge is 0.405 e. The highest BCUT2D eigenvalue weighted by Crippen LogP contribution is 2.11. The molecule has 3 nitrogen and oxygen atoms in total. The number of amides is 2. The van der Waals surface area contributed by atoms with E-state index in [2.05, 4.69) is 5.32 Å². The lowest BCUT2D eigenvalue weighted by molar-refractivity contribution is -0.122. The van der Waals surface area contributed by atoms with Gasteiger partial charge in [-0.15, -0.1) is 0 Å². The minimum absolute atomic E-state index is 0.184. The van der Waals surface area contributed by atoms with E-state index in [0.717, 1.165) is 0 Å². The van der Waals surface area contributed by atoms with Crippen molar-refractivity contribution in [3.05, 3.63) is 0 Å². The highest BCUT2D eigenvalue weighted by molar-refractivity contribution is 5.73. The van der Waals surface area contributed by atoms with Crippen molar-refractivity contribution in [3.8, 4) is 0 Å². The molecule has 0 rings (SSSR count). The van der Waals surface area contributed by atoms with Gasteiger partial charge < -0.3 is 5.32 Å². The number of carbonyl (C=O) groups is 1. The third-order valence-corrected chi connectivity index (χ3v) is 0.742. The number of alkyl halides is 3. The van der Waals surface area contributed by atoms with Crippen molar-refractivity contribution in [2.24, 2.45) is 0 Å². The molecule has 0 bridgehead atoms. The fourth-order valence-corrected chi connectivity index (χ4v) is 0.375. The van der Waals surface area contributed by atoms with Crippen LogP contribution in [0.15, 0.2) is 0 Å². The van der Waals surface area contributed by atoms with Crippen molar-refractivity contribution in [2.75, 3.05) is 13.1 Å². The quantitative estimate of drug-likeness (QED) is 0.655. The van der Waals surface area contributed by atoms with Crippen LogP contribution in [0.3, 0.4) is 0 Å². The van der Waals surface area contributed by atoms with Crippen LogP contribution in [0.2, 0.25) is 0 Å². The Morgan fingerprint density at radius 3 is 2.45 bits per heavy atom. The van der Waals surface area contributed by atoms with Crippen molar-refractivity contribution in [2.45, 2.75) is 13.1 Å². The van der Waals surface area contributed by atoms with E-state index in [1.807, 2.05) is 0 Å². The molecule has 0 aliphatic heterocycles. The molecule has 2 amide bonds. The Bertz CT molecular complexity index is 134. The van der Waals surface area contributed by atoms with Crippen LogP contribution in [0.5, 0.6) is 0 Å². The molecule has 0 aromatic heterocycles. The number of nitrogens with one attached hydrogen (secondary N) is 1. The smallest absolute Gasteiger partial charge is 0.327 e. The number of nitrogens with zero attached hydrogens (tertiary/aromatic N) is 1. The standard InChI is InChI=1S/C5H8F3N2O/c1-2-9-4(11)10-3-5(6,7)8/h2-3H2,1H3,(H,10,11). The second-order valence-electron chi connectivity index (χ2n) is 1.75. The lowest BCUT2D eigenvalue weighted by atomic mass is 10.6. The molecule has 0 saturated carbocycles. The Morgan fingerprint density at radius 2 is 2.09 bits per heavy atom. The van der Waals surface area contributed by atoms with Gasteiger partial charge in [-0.05, 0) is 6.92 Å². The van der Waals surface area contributed by atoms with Gasteiger partial charge in [-0.3, -0.25) is 0 Å². The monoisotopic (exact) mass is 169 g/mol. The molecule has 0 unspecified atom stereocenters. The molecule has 0 aliphatic carbocycles. The highest BCUT2D eigenvalue weighted by Gasteiger charge is 2.27. The van der Waals surface area contributed by atoms with E-state index in [1.54, 1.807) is 12.2 Å². The maximum absolute atomic E-state index is 11.4. The van der Waals surface area contributed by atoms with Crippen LogP contribution in [-0.4, -0.2) is 25.3 Å². The van der Waals surface area contributed by atoms with E-state index < -0.39 is 18.8 Å². The second-order valence-corrected chi connectivity index (χ2v) is 1.75. The van der Waals surface area contributed by atoms with Gasteiger partial charge in [-0.2, -0.15) is 13.2 Å². The predicted molar refractivity (Wildman–Crippen MR) is 32.1 cm³/mol. The van der Waals surface area contributed by atoms with Gasteiger partial charge in [-0.25, -0.2) is 10.1 Å². The normalized spacial score (nSPS) is 10.9. The molecule has 0 saturated heterocycles. The molecule has 0 atom stereocenters. The molecule has 0 aromatic carbocycles. The number of urea groups is 1. The van der Waals surface area contributed by atoms with Gasteiger partial charge in [-0.1, -0.05) is 0 Å². The number of halogens is 3. The van der Waals surface area contributed by atoms with Gasteiger partial charge in [0.1, 0.15) is 6.54 Å². The third-order valence-electron chi connectivity index (χ3n) is 0.742. The van der Waals surface area contributed by atoms with Crippen LogP contribution in [0.4, 0.5) is 18.0 Å². The molecule has 1 N–H and O–H groups in total. The first-order valence-corrected chi connectivity index (χ1v) is 2.98. The van der Waals surface area contributed by atoms with Gasteiger partial charge >= 0.3 is 12.2 Å². The number of hydrogen-bond donors (Lipinski definition) is 1. The molecule has 0 fully saturated rings. The second kappa shape index (κ2) is 4.05. The van der Waals surface area contributed by atoms with E-state index in [-0.39, 0.29) is 6.54 Å². The number of rotatable bonds is 2. The van der Waals surface area contributed by atoms with Crippen LogP contribution < -0.4 is 10.6 Å². The zero-order valence-electron chi connectivity index (χ0n) is 5.90. The van der Waals surface area contributed by atoms with E-state index in [4.69, 9.17) is 0 Å². The van der Waals surface area contributed by atoms with E-state index in [1.165, 1.54) is 0 Å². The Morgan fingerprint density at radius 1 is 1.55 bits per heavy atom. The summed E-state index contributed by atoms with van der Waals surface area (Å²) in [5, 5.41) is 4.77. The maximum Gasteiger partial charge on any atom is 0.405 e.